The topological polar surface area (TPSA) is 54.4 Å². The van der Waals surface area contributed by atoms with Crippen molar-refractivity contribution in [1.29, 1.82) is 0 Å². The van der Waals surface area contributed by atoms with Crippen LogP contribution in [0, 0.1) is 0 Å². The molecule has 0 radical (unpaired) electrons. The van der Waals surface area contributed by atoms with Crippen molar-refractivity contribution in [1.82, 2.24) is 0 Å². The average molecular weight is 232 g/mol. The van der Waals surface area contributed by atoms with Gasteiger partial charge in [0.2, 0.25) is 0 Å². The zero-order chi connectivity index (χ0) is 11.5. The molecule has 0 bridgehead atoms. The summed E-state index contributed by atoms with van der Waals surface area (Å²) >= 11 is 0. The largest absolute Gasteiger partial charge is 0.388 e. The second kappa shape index (κ2) is 4.72. The summed E-state index contributed by atoms with van der Waals surface area (Å²) in [6, 6.07) is 5.81. The van der Waals surface area contributed by atoms with Crippen LogP contribution < -0.4 is 0 Å². The van der Waals surface area contributed by atoms with Crippen LogP contribution in [0.4, 0.5) is 4.39 Å². The Morgan fingerprint density at radius 1 is 1.33 bits per heavy atom. The number of alkyl halides is 1. The van der Waals surface area contributed by atoms with Crippen molar-refractivity contribution in [2.45, 2.75) is 17.4 Å². The van der Waals surface area contributed by atoms with Crippen molar-refractivity contribution in [2.24, 2.45) is 0 Å². The van der Waals surface area contributed by atoms with E-state index in [4.69, 9.17) is 0 Å². The van der Waals surface area contributed by atoms with Crippen molar-refractivity contribution < 1.29 is 17.9 Å². The number of aliphatic hydroxyl groups is 1. The molecular formula is C10H13FO3S. The smallest absolute Gasteiger partial charge is 0.175 e. The fourth-order valence-corrected chi connectivity index (χ4v) is 1.84. The summed E-state index contributed by atoms with van der Waals surface area (Å²) in [4.78, 5) is 0.193. The van der Waals surface area contributed by atoms with Crippen LogP contribution in [0.5, 0.6) is 0 Å². The molecule has 0 saturated heterocycles. The minimum absolute atomic E-state index is 0.0260. The van der Waals surface area contributed by atoms with Crippen LogP contribution in [-0.4, -0.2) is 26.5 Å². The Bertz CT molecular complexity index is 411. The summed E-state index contributed by atoms with van der Waals surface area (Å²) < 4.78 is 34.2. The Hall–Kier alpha value is -0.940. The first-order valence-corrected chi connectivity index (χ1v) is 6.38. The van der Waals surface area contributed by atoms with E-state index < -0.39 is 22.6 Å². The van der Waals surface area contributed by atoms with Gasteiger partial charge in [-0.05, 0) is 17.7 Å². The van der Waals surface area contributed by atoms with Crippen LogP contribution >= 0.6 is 0 Å². The molecular weight excluding hydrogens is 219 g/mol. The number of benzene rings is 1. The van der Waals surface area contributed by atoms with Crippen LogP contribution in [0.25, 0.3) is 0 Å². The second-order valence-electron chi connectivity index (χ2n) is 3.33. The molecule has 5 heteroatoms. The lowest BCUT2D eigenvalue weighted by atomic mass is 10.1. The van der Waals surface area contributed by atoms with Crippen LogP contribution in [-0.2, 0) is 9.84 Å². The number of sulfone groups is 1. The lowest BCUT2D eigenvalue weighted by Crippen LogP contribution is -2.01. The molecule has 1 N–H and O–H groups in total. The molecule has 1 unspecified atom stereocenters. The summed E-state index contributed by atoms with van der Waals surface area (Å²) in [5.41, 5.74) is 0.528. The van der Waals surface area contributed by atoms with E-state index in [0.717, 1.165) is 6.26 Å². The Balaban J connectivity index is 2.90. The molecule has 0 amide bonds. The molecule has 0 saturated carbocycles. The average Bonchev–Trinajstić information content (AvgIpc) is 2.17. The van der Waals surface area contributed by atoms with E-state index in [-0.39, 0.29) is 11.3 Å². The number of rotatable bonds is 4. The van der Waals surface area contributed by atoms with Gasteiger partial charge < -0.3 is 5.11 Å². The number of halogens is 1. The van der Waals surface area contributed by atoms with Gasteiger partial charge in [0.05, 0.1) is 17.7 Å². The maximum absolute atomic E-state index is 11.9. The van der Waals surface area contributed by atoms with Gasteiger partial charge in [-0.15, -0.1) is 0 Å². The molecule has 0 fully saturated rings. The zero-order valence-electron chi connectivity index (χ0n) is 8.35. The summed E-state index contributed by atoms with van der Waals surface area (Å²) in [7, 11) is -3.21. The van der Waals surface area contributed by atoms with Crippen molar-refractivity contribution >= 4 is 9.84 Å². The third-order valence-corrected chi connectivity index (χ3v) is 3.20. The Kier molecular flexibility index (Phi) is 3.82. The van der Waals surface area contributed by atoms with Crippen molar-refractivity contribution in [3.8, 4) is 0 Å². The third-order valence-electron chi connectivity index (χ3n) is 2.08. The standard InChI is InChI=1S/C10H13FO3S/c1-15(13,14)9-4-2-8(3-5-9)10(12)6-7-11/h2-5,10,12H,6-7H2,1H3. The third kappa shape index (κ3) is 3.28. The molecule has 0 aliphatic heterocycles. The molecule has 1 atom stereocenters. The Morgan fingerprint density at radius 3 is 2.27 bits per heavy atom. The molecule has 0 aromatic heterocycles. The monoisotopic (exact) mass is 232 g/mol. The fraction of sp³-hybridized carbons (Fsp3) is 0.400. The summed E-state index contributed by atoms with van der Waals surface area (Å²) in [6.07, 6.45) is 0.265. The van der Waals surface area contributed by atoms with Crippen molar-refractivity contribution in [3.63, 3.8) is 0 Å². The van der Waals surface area contributed by atoms with E-state index in [1.165, 1.54) is 24.3 Å². The van der Waals surface area contributed by atoms with E-state index in [0.29, 0.717) is 5.56 Å². The van der Waals surface area contributed by atoms with Crippen LogP contribution in [0.3, 0.4) is 0 Å². The highest BCUT2D eigenvalue weighted by atomic mass is 32.2. The van der Waals surface area contributed by atoms with E-state index in [1.807, 2.05) is 0 Å². The Morgan fingerprint density at radius 2 is 1.87 bits per heavy atom. The normalized spacial score (nSPS) is 13.8. The first kappa shape index (κ1) is 12.1. The summed E-state index contributed by atoms with van der Waals surface area (Å²) in [6.45, 7) is -0.602. The van der Waals surface area contributed by atoms with Crippen molar-refractivity contribution in [3.05, 3.63) is 29.8 Å². The molecule has 0 heterocycles. The molecule has 1 rings (SSSR count). The van der Waals surface area contributed by atoms with E-state index >= 15 is 0 Å². The quantitative estimate of drug-likeness (QED) is 0.855. The van der Waals surface area contributed by atoms with Gasteiger partial charge in [0.15, 0.2) is 9.84 Å². The Labute approximate surface area is 88.5 Å². The molecule has 0 aliphatic rings. The predicted molar refractivity (Wildman–Crippen MR) is 55.1 cm³/mol. The number of hydrogen-bond acceptors (Lipinski definition) is 3. The van der Waals surface area contributed by atoms with Gasteiger partial charge in [0.25, 0.3) is 0 Å². The fourth-order valence-electron chi connectivity index (χ4n) is 1.21. The highest BCUT2D eigenvalue weighted by Gasteiger charge is 2.10. The summed E-state index contributed by atoms with van der Waals surface area (Å²) in [5.74, 6) is 0. The molecule has 0 spiro atoms. The van der Waals surface area contributed by atoms with Gasteiger partial charge in [-0.2, -0.15) is 0 Å². The predicted octanol–water partition coefficient (Wildman–Crippen LogP) is 1.48. The second-order valence-corrected chi connectivity index (χ2v) is 5.35. The van der Waals surface area contributed by atoms with Crippen LogP contribution in [0.1, 0.15) is 18.1 Å². The maximum atomic E-state index is 11.9. The van der Waals surface area contributed by atoms with Crippen LogP contribution in [0.15, 0.2) is 29.2 Å². The maximum Gasteiger partial charge on any atom is 0.175 e. The van der Waals surface area contributed by atoms with Gasteiger partial charge in [-0.1, -0.05) is 12.1 Å². The number of hydrogen-bond donors (Lipinski definition) is 1. The SMILES string of the molecule is CS(=O)(=O)c1ccc(C(O)CCF)cc1. The summed E-state index contributed by atoms with van der Waals surface area (Å²) in [5, 5.41) is 9.42. The molecule has 3 nitrogen and oxygen atoms in total. The van der Waals surface area contributed by atoms with E-state index in [2.05, 4.69) is 0 Å². The first-order chi connectivity index (χ1) is 6.95. The molecule has 0 aliphatic carbocycles. The van der Waals surface area contributed by atoms with Gasteiger partial charge in [-0.25, -0.2) is 8.42 Å². The van der Waals surface area contributed by atoms with E-state index in [9.17, 15) is 17.9 Å². The minimum Gasteiger partial charge on any atom is -0.388 e. The first-order valence-electron chi connectivity index (χ1n) is 4.49. The van der Waals surface area contributed by atoms with Gasteiger partial charge in [-0.3, -0.25) is 4.39 Å². The lowest BCUT2D eigenvalue weighted by Gasteiger charge is -2.08. The minimum atomic E-state index is -3.21. The van der Waals surface area contributed by atoms with Gasteiger partial charge >= 0.3 is 0 Å². The van der Waals surface area contributed by atoms with Crippen molar-refractivity contribution in [2.75, 3.05) is 12.9 Å². The van der Waals surface area contributed by atoms with Gasteiger partial charge in [0, 0.05) is 12.7 Å². The molecule has 15 heavy (non-hydrogen) atoms. The highest BCUT2D eigenvalue weighted by molar-refractivity contribution is 7.90. The number of aliphatic hydroxyl groups excluding tert-OH is 1. The van der Waals surface area contributed by atoms with E-state index in [1.54, 1.807) is 0 Å². The molecule has 1 aromatic rings. The molecule has 1 aromatic carbocycles. The highest BCUT2D eigenvalue weighted by Crippen LogP contribution is 2.18. The molecule has 84 valence electrons. The zero-order valence-corrected chi connectivity index (χ0v) is 9.17. The van der Waals surface area contributed by atoms with Gasteiger partial charge in [0.1, 0.15) is 0 Å². The van der Waals surface area contributed by atoms with Crippen LogP contribution in [0.2, 0.25) is 0 Å². The lowest BCUT2D eigenvalue weighted by molar-refractivity contribution is 0.156.